The fourth-order valence-electron chi connectivity index (χ4n) is 3.13. The molecule has 0 saturated carbocycles. The van der Waals surface area contributed by atoms with Crippen molar-refractivity contribution < 1.29 is 0 Å². The highest BCUT2D eigenvalue weighted by Crippen LogP contribution is 2.24. The zero-order valence-corrected chi connectivity index (χ0v) is 13.0. The maximum absolute atomic E-state index is 2.58. The van der Waals surface area contributed by atoms with Crippen molar-refractivity contribution in [2.24, 2.45) is 0 Å². The second-order valence-corrected chi connectivity index (χ2v) is 5.95. The average Bonchev–Trinajstić information content (AvgIpc) is 2.55. The molecule has 0 amide bonds. The molecule has 1 heterocycles. The van der Waals surface area contributed by atoms with E-state index in [-0.39, 0.29) is 0 Å². The summed E-state index contributed by atoms with van der Waals surface area (Å²) in [5.41, 5.74) is 4.12. The summed E-state index contributed by atoms with van der Waals surface area (Å²) < 4.78 is 0. The predicted molar refractivity (Wildman–Crippen MR) is 89.8 cm³/mol. The van der Waals surface area contributed by atoms with E-state index in [4.69, 9.17) is 0 Å². The van der Waals surface area contributed by atoms with Crippen LogP contribution in [0.4, 0.5) is 5.69 Å². The molecule has 0 aliphatic carbocycles. The summed E-state index contributed by atoms with van der Waals surface area (Å²) in [5, 5.41) is 0. The lowest BCUT2D eigenvalue weighted by Crippen LogP contribution is -2.47. The van der Waals surface area contributed by atoms with Gasteiger partial charge in [0.1, 0.15) is 0 Å². The first-order chi connectivity index (χ1) is 10.2. The van der Waals surface area contributed by atoms with Crippen molar-refractivity contribution in [2.45, 2.75) is 19.9 Å². The van der Waals surface area contributed by atoms with E-state index in [1.54, 1.807) is 0 Å². The van der Waals surface area contributed by atoms with Crippen molar-refractivity contribution in [1.82, 2.24) is 4.90 Å². The van der Waals surface area contributed by atoms with Crippen LogP contribution in [0.3, 0.4) is 0 Å². The highest BCUT2D eigenvalue weighted by atomic mass is 15.3. The average molecular weight is 280 g/mol. The van der Waals surface area contributed by atoms with Gasteiger partial charge in [-0.25, -0.2) is 0 Å². The minimum atomic E-state index is 0.505. The summed E-state index contributed by atoms with van der Waals surface area (Å²) in [6.07, 6.45) is 0. The van der Waals surface area contributed by atoms with Crippen LogP contribution in [0.2, 0.25) is 0 Å². The molecule has 1 unspecified atom stereocenters. The molecule has 0 bridgehead atoms. The Hall–Kier alpha value is -1.80. The molecule has 0 spiro atoms. The van der Waals surface area contributed by atoms with Crippen LogP contribution < -0.4 is 4.90 Å². The van der Waals surface area contributed by atoms with Crippen LogP contribution >= 0.6 is 0 Å². The molecule has 3 rings (SSSR count). The van der Waals surface area contributed by atoms with Crippen LogP contribution in [0.5, 0.6) is 0 Å². The monoisotopic (exact) mass is 280 g/mol. The number of nitrogens with zero attached hydrogens (tertiary/aromatic N) is 2. The van der Waals surface area contributed by atoms with Gasteiger partial charge >= 0.3 is 0 Å². The van der Waals surface area contributed by atoms with Gasteiger partial charge < -0.3 is 4.90 Å². The molecule has 1 fully saturated rings. The van der Waals surface area contributed by atoms with Crippen molar-refractivity contribution in [3.8, 4) is 0 Å². The molecule has 0 aromatic heterocycles. The van der Waals surface area contributed by atoms with Crippen molar-refractivity contribution >= 4 is 5.69 Å². The third-order valence-corrected chi connectivity index (χ3v) is 4.51. The molecule has 1 aliphatic heterocycles. The Morgan fingerprint density at radius 3 is 2.24 bits per heavy atom. The van der Waals surface area contributed by atoms with Gasteiger partial charge in [0.15, 0.2) is 0 Å². The van der Waals surface area contributed by atoms with Gasteiger partial charge in [0, 0.05) is 37.9 Å². The van der Waals surface area contributed by atoms with E-state index >= 15 is 0 Å². The molecule has 1 aliphatic rings. The van der Waals surface area contributed by atoms with E-state index in [9.17, 15) is 0 Å². The minimum Gasteiger partial charge on any atom is -0.369 e. The van der Waals surface area contributed by atoms with E-state index in [0.717, 1.165) is 26.2 Å². The molecule has 2 aromatic carbocycles. The first-order valence-electron chi connectivity index (χ1n) is 7.84. The summed E-state index contributed by atoms with van der Waals surface area (Å²) in [4.78, 5) is 5.09. The molecule has 2 heteroatoms. The third kappa shape index (κ3) is 3.27. The van der Waals surface area contributed by atoms with Crippen LogP contribution in [-0.4, -0.2) is 31.1 Å². The molecule has 110 valence electrons. The van der Waals surface area contributed by atoms with Gasteiger partial charge in [-0.15, -0.1) is 0 Å². The standard InChI is InChI=1S/C19H24N2/c1-16-7-6-10-19(15-16)21-13-11-20(12-14-21)17(2)18-8-4-3-5-9-18/h3-10,15,17H,11-14H2,1-2H3. The van der Waals surface area contributed by atoms with Crippen molar-refractivity contribution in [1.29, 1.82) is 0 Å². The number of anilines is 1. The fourth-order valence-corrected chi connectivity index (χ4v) is 3.13. The van der Waals surface area contributed by atoms with Crippen LogP contribution in [0, 0.1) is 6.92 Å². The molecule has 2 aromatic rings. The number of aryl methyl sites for hydroxylation is 1. The largest absolute Gasteiger partial charge is 0.369 e. The smallest absolute Gasteiger partial charge is 0.0369 e. The van der Waals surface area contributed by atoms with Crippen LogP contribution in [-0.2, 0) is 0 Å². The second kappa shape index (κ2) is 6.31. The molecule has 21 heavy (non-hydrogen) atoms. The predicted octanol–water partition coefficient (Wildman–Crippen LogP) is 3.88. The Balaban J connectivity index is 1.63. The lowest BCUT2D eigenvalue weighted by atomic mass is 10.1. The lowest BCUT2D eigenvalue weighted by Gasteiger charge is -2.39. The summed E-state index contributed by atoms with van der Waals surface area (Å²) in [5.74, 6) is 0. The quantitative estimate of drug-likeness (QED) is 0.842. The van der Waals surface area contributed by atoms with E-state index in [1.807, 2.05) is 0 Å². The number of hydrogen-bond acceptors (Lipinski definition) is 2. The van der Waals surface area contributed by atoms with Crippen molar-refractivity contribution in [2.75, 3.05) is 31.1 Å². The number of rotatable bonds is 3. The van der Waals surface area contributed by atoms with Gasteiger partial charge in [0.25, 0.3) is 0 Å². The van der Waals surface area contributed by atoms with Crippen LogP contribution in [0.1, 0.15) is 24.1 Å². The zero-order chi connectivity index (χ0) is 14.7. The summed E-state index contributed by atoms with van der Waals surface area (Å²) in [7, 11) is 0. The molecule has 1 atom stereocenters. The van der Waals surface area contributed by atoms with Gasteiger partial charge in [0.2, 0.25) is 0 Å². The minimum absolute atomic E-state index is 0.505. The highest BCUT2D eigenvalue weighted by molar-refractivity contribution is 5.48. The normalized spacial score (nSPS) is 17.7. The maximum Gasteiger partial charge on any atom is 0.0369 e. The van der Waals surface area contributed by atoms with E-state index < -0.39 is 0 Å². The van der Waals surface area contributed by atoms with E-state index in [2.05, 4.69) is 78.2 Å². The lowest BCUT2D eigenvalue weighted by molar-refractivity contribution is 0.198. The Morgan fingerprint density at radius 2 is 1.57 bits per heavy atom. The molecular weight excluding hydrogens is 256 g/mol. The topological polar surface area (TPSA) is 6.48 Å². The van der Waals surface area contributed by atoms with Crippen LogP contribution in [0.15, 0.2) is 54.6 Å². The van der Waals surface area contributed by atoms with Gasteiger partial charge in [-0.2, -0.15) is 0 Å². The Bertz CT molecular complexity index is 571. The van der Waals surface area contributed by atoms with Gasteiger partial charge in [0.05, 0.1) is 0 Å². The second-order valence-electron chi connectivity index (χ2n) is 5.95. The van der Waals surface area contributed by atoms with Gasteiger partial charge in [-0.3, -0.25) is 4.90 Å². The Morgan fingerprint density at radius 1 is 0.857 bits per heavy atom. The molecule has 1 saturated heterocycles. The third-order valence-electron chi connectivity index (χ3n) is 4.51. The number of benzene rings is 2. The molecule has 0 radical (unpaired) electrons. The van der Waals surface area contributed by atoms with Crippen molar-refractivity contribution in [3.05, 3.63) is 65.7 Å². The van der Waals surface area contributed by atoms with Crippen LogP contribution in [0.25, 0.3) is 0 Å². The van der Waals surface area contributed by atoms with Gasteiger partial charge in [-0.1, -0.05) is 42.5 Å². The first kappa shape index (κ1) is 14.2. The molecule has 2 nitrogen and oxygen atoms in total. The molecule has 0 N–H and O–H groups in total. The Labute approximate surface area is 128 Å². The first-order valence-corrected chi connectivity index (χ1v) is 7.84. The fraction of sp³-hybridized carbons (Fsp3) is 0.368. The molecular formula is C19H24N2. The number of hydrogen-bond donors (Lipinski definition) is 0. The summed E-state index contributed by atoms with van der Waals surface area (Å²) >= 11 is 0. The van der Waals surface area contributed by atoms with Gasteiger partial charge in [-0.05, 0) is 37.1 Å². The van der Waals surface area contributed by atoms with E-state index in [1.165, 1.54) is 16.8 Å². The highest BCUT2D eigenvalue weighted by Gasteiger charge is 2.22. The summed E-state index contributed by atoms with van der Waals surface area (Å²) in [6.45, 7) is 8.96. The van der Waals surface area contributed by atoms with Crippen molar-refractivity contribution in [3.63, 3.8) is 0 Å². The van der Waals surface area contributed by atoms with E-state index in [0.29, 0.717) is 6.04 Å². The summed E-state index contributed by atoms with van der Waals surface area (Å²) in [6, 6.07) is 20.2. The zero-order valence-electron chi connectivity index (χ0n) is 13.0. The number of piperazine rings is 1. The SMILES string of the molecule is Cc1cccc(N2CCN(C(C)c3ccccc3)CC2)c1. The Kier molecular flexibility index (Phi) is 4.26. The maximum atomic E-state index is 2.58.